The average Bonchev–Trinajstić information content (AvgIpc) is 2.75. The van der Waals surface area contributed by atoms with Crippen molar-refractivity contribution in [3.05, 3.63) is 12.3 Å². The van der Waals surface area contributed by atoms with Gasteiger partial charge in [0.15, 0.2) is 0 Å². The summed E-state index contributed by atoms with van der Waals surface area (Å²) in [6, 6.07) is 2.34. The lowest BCUT2D eigenvalue weighted by Crippen LogP contribution is -2.37. The molecule has 94 valence electrons. The first-order valence-electron chi connectivity index (χ1n) is 6.13. The van der Waals surface area contributed by atoms with Crippen molar-refractivity contribution in [1.82, 2.24) is 9.97 Å². The first-order chi connectivity index (χ1) is 8.22. The number of likely N-dealkylation sites (N-methyl/N-ethyl adjacent to an activating group) is 1. The number of ether oxygens (including phenoxy) is 1. The first-order valence-corrected chi connectivity index (χ1v) is 6.13. The van der Waals surface area contributed by atoms with Gasteiger partial charge in [0.05, 0.1) is 12.1 Å². The van der Waals surface area contributed by atoms with Gasteiger partial charge >= 0.3 is 0 Å². The SMILES string of the molecule is CCNc1nccc(N(C)C2CCOC2C)n1. The summed E-state index contributed by atoms with van der Waals surface area (Å²) in [5, 5.41) is 3.12. The highest BCUT2D eigenvalue weighted by Gasteiger charge is 2.28. The molecule has 5 nitrogen and oxygen atoms in total. The summed E-state index contributed by atoms with van der Waals surface area (Å²) in [7, 11) is 2.06. The number of aromatic nitrogens is 2. The zero-order valence-electron chi connectivity index (χ0n) is 10.7. The van der Waals surface area contributed by atoms with Gasteiger partial charge in [0.25, 0.3) is 0 Å². The van der Waals surface area contributed by atoms with Crippen molar-refractivity contribution in [1.29, 1.82) is 0 Å². The van der Waals surface area contributed by atoms with E-state index in [-0.39, 0.29) is 6.10 Å². The molecule has 0 radical (unpaired) electrons. The highest BCUT2D eigenvalue weighted by atomic mass is 16.5. The van der Waals surface area contributed by atoms with Crippen molar-refractivity contribution in [2.75, 3.05) is 30.4 Å². The monoisotopic (exact) mass is 236 g/mol. The van der Waals surface area contributed by atoms with Crippen LogP contribution in [0.25, 0.3) is 0 Å². The second-order valence-electron chi connectivity index (χ2n) is 4.31. The molecule has 1 aliphatic heterocycles. The van der Waals surface area contributed by atoms with E-state index < -0.39 is 0 Å². The maximum atomic E-state index is 5.59. The van der Waals surface area contributed by atoms with Gasteiger partial charge in [-0.25, -0.2) is 4.98 Å². The lowest BCUT2D eigenvalue weighted by molar-refractivity contribution is 0.118. The summed E-state index contributed by atoms with van der Waals surface area (Å²) >= 11 is 0. The molecule has 2 atom stereocenters. The van der Waals surface area contributed by atoms with Gasteiger partial charge in [-0.1, -0.05) is 0 Å². The molecule has 0 aromatic carbocycles. The minimum atomic E-state index is 0.262. The van der Waals surface area contributed by atoms with Crippen LogP contribution in [0, 0.1) is 0 Å². The van der Waals surface area contributed by atoms with Crippen LogP contribution in [0.3, 0.4) is 0 Å². The standard InChI is InChI=1S/C12H20N4O/c1-4-13-12-14-7-5-11(15-12)16(3)10-6-8-17-9(10)2/h5,7,9-10H,4,6,8H2,1-3H3,(H,13,14,15). The van der Waals surface area contributed by atoms with Gasteiger partial charge in [0, 0.05) is 26.4 Å². The van der Waals surface area contributed by atoms with Crippen molar-refractivity contribution in [3.8, 4) is 0 Å². The van der Waals surface area contributed by atoms with Gasteiger partial charge in [-0.2, -0.15) is 4.98 Å². The Labute approximate surface area is 102 Å². The molecule has 0 aliphatic carbocycles. The Bertz CT molecular complexity index is 371. The quantitative estimate of drug-likeness (QED) is 0.859. The van der Waals surface area contributed by atoms with Gasteiger partial charge in [0.2, 0.25) is 5.95 Å². The highest BCUT2D eigenvalue weighted by Crippen LogP contribution is 2.22. The predicted octanol–water partition coefficient (Wildman–Crippen LogP) is 1.52. The van der Waals surface area contributed by atoms with E-state index in [1.165, 1.54) is 0 Å². The smallest absolute Gasteiger partial charge is 0.224 e. The molecule has 0 saturated carbocycles. The second-order valence-corrected chi connectivity index (χ2v) is 4.31. The molecule has 1 aliphatic rings. The Balaban J connectivity index is 2.12. The number of rotatable bonds is 4. The third kappa shape index (κ3) is 2.66. The molecule has 0 amide bonds. The molecule has 0 spiro atoms. The van der Waals surface area contributed by atoms with Gasteiger partial charge in [-0.05, 0) is 26.3 Å². The number of nitrogens with one attached hydrogen (secondary N) is 1. The second kappa shape index (κ2) is 5.31. The van der Waals surface area contributed by atoms with E-state index in [0.29, 0.717) is 12.0 Å². The van der Waals surface area contributed by atoms with E-state index in [9.17, 15) is 0 Å². The molecule has 1 saturated heterocycles. The Kier molecular flexibility index (Phi) is 3.78. The molecule has 2 rings (SSSR count). The number of hydrogen-bond donors (Lipinski definition) is 1. The minimum Gasteiger partial charge on any atom is -0.376 e. The summed E-state index contributed by atoms with van der Waals surface area (Å²) in [5.74, 6) is 1.63. The fraction of sp³-hybridized carbons (Fsp3) is 0.667. The van der Waals surface area contributed by atoms with Crippen LogP contribution in [0.15, 0.2) is 12.3 Å². The average molecular weight is 236 g/mol. The summed E-state index contributed by atoms with van der Waals surface area (Å²) in [5.41, 5.74) is 0. The Morgan fingerprint density at radius 3 is 3.06 bits per heavy atom. The maximum absolute atomic E-state index is 5.59. The van der Waals surface area contributed by atoms with Gasteiger partial charge in [0.1, 0.15) is 5.82 Å². The van der Waals surface area contributed by atoms with E-state index >= 15 is 0 Å². The topological polar surface area (TPSA) is 50.3 Å². The Morgan fingerprint density at radius 1 is 1.59 bits per heavy atom. The van der Waals surface area contributed by atoms with Crippen molar-refractivity contribution in [3.63, 3.8) is 0 Å². The summed E-state index contributed by atoms with van der Waals surface area (Å²) < 4.78 is 5.59. The van der Waals surface area contributed by atoms with Crippen LogP contribution in [0.4, 0.5) is 11.8 Å². The zero-order valence-corrected chi connectivity index (χ0v) is 10.7. The Morgan fingerprint density at radius 2 is 2.41 bits per heavy atom. The fourth-order valence-corrected chi connectivity index (χ4v) is 2.19. The van der Waals surface area contributed by atoms with Gasteiger partial charge in [-0.3, -0.25) is 0 Å². The number of nitrogens with zero attached hydrogens (tertiary/aromatic N) is 3. The van der Waals surface area contributed by atoms with Crippen molar-refractivity contribution in [2.24, 2.45) is 0 Å². The molecule has 1 fully saturated rings. The van der Waals surface area contributed by atoms with Crippen molar-refractivity contribution < 1.29 is 4.74 Å². The molecule has 1 aromatic heterocycles. The summed E-state index contributed by atoms with van der Waals surface area (Å²) in [6.07, 6.45) is 3.10. The minimum absolute atomic E-state index is 0.262. The highest BCUT2D eigenvalue weighted by molar-refractivity contribution is 5.43. The number of hydrogen-bond acceptors (Lipinski definition) is 5. The predicted molar refractivity (Wildman–Crippen MR) is 68.4 cm³/mol. The molecule has 2 heterocycles. The van der Waals surface area contributed by atoms with E-state index in [4.69, 9.17) is 4.74 Å². The molecule has 2 unspecified atom stereocenters. The van der Waals surface area contributed by atoms with Crippen LogP contribution in [0.5, 0.6) is 0 Å². The maximum Gasteiger partial charge on any atom is 0.224 e. The fourth-order valence-electron chi connectivity index (χ4n) is 2.19. The molecular formula is C12H20N4O. The zero-order chi connectivity index (χ0) is 12.3. The molecular weight excluding hydrogens is 216 g/mol. The van der Waals surface area contributed by atoms with Crippen LogP contribution < -0.4 is 10.2 Å². The molecule has 5 heteroatoms. The van der Waals surface area contributed by atoms with Crippen molar-refractivity contribution >= 4 is 11.8 Å². The molecule has 17 heavy (non-hydrogen) atoms. The van der Waals surface area contributed by atoms with Gasteiger partial charge in [-0.15, -0.1) is 0 Å². The third-order valence-electron chi connectivity index (χ3n) is 3.17. The van der Waals surface area contributed by atoms with Crippen LogP contribution in [0.1, 0.15) is 20.3 Å². The van der Waals surface area contributed by atoms with Crippen LogP contribution in [0.2, 0.25) is 0 Å². The lowest BCUT2D eigenvalue weighted by Gasteiger charge is -2.27. The van der Waals surface area contributed by atoms with E-state index in [2.05, 4.69) is 34.2 Å². The number of anilines is 2. The Hall–Kier alpha value is -1.36. The normalized spacial score (nSPS) is 23.7. The van der Waals surface area contributed by atoms with E-state index in [1.807, 2.05) is 13.0 Å². The lowest BCUT2D eigenvalue weighted by atomic mass is 10.1. The van der Waals surface area contributed by atoms with Crippen molar-refractivity contribution in [2.45, 2.75) is 32.4 Å². The molecule has 1 aromatic rings. The van der Waals surface area contributed by atoms with Crippen LogP contribution in [-0.4, -0.2) is 42.3 Å². The molecule has 1 N–H and O–H groups in total. The molecule has 0 bridgehead atoms. The summed E-state index contributed by atoms with van der Waals surface area (Å²) in [6.45, 7) is 5.81. The van der Waals surface area contributed by atoms with Gasteiger partial charge < -0.3 is 15.0 Å². The third-order valence-corrected chi connectivity index (χ3v) is 3.17. The first kappa shape index (κ1) is 12.1. The van der Waals surface area contributed by atoms with E-state index in [1.54, 1.807) is 6.20 Å². The van der Waals surface area contributed by atoms with Crippen LogP contribution >= 0.6 is 0 Å². The van der Waals surface area contributed by atoms with E-state index in [0.717, 1.165) is 25.4 Å². The summed E-state index contributed by atoms with van der Waals surface area (Å²) in [4.78, 5) is 10.8. The largest absolute Gasteiger partial charge is 0.376 e. The van der Waals surface area contributed by atoms with Crippen LogP contribution in [-0.2, 0) is 4.74 Å².